The van der Waals surface area contributed by atoms with E-state index >= 15 is 0 Å². The van der Waals surface area contributed by atoms with Crippen molar-refractivity contribution < 1.29 is 0 Å². The number of nitrogens with zero attached hydrogens (tertiary/aromatic N) is 4. The maximum atomic E-state index is 4.80. The maximum absolute atomic E-state index is 4.80. The summed E-state index contributed by atoms with van der Waals surface area (Å²) in [6.45, 7) is 10.9. The predicted molar refractivity (Wildman–Crippen MR) is 111 cm³/mol. The van der Waals surface area contributed by atoms with Gasteiger partial charge < -0.3 is 0 Å². The van der Waals surface area contributed by atoms with E-state index < -0.39 is 0 Å². The molecule has 27 heavy (non-hydrogen) atoms. The third-order valence-corrected chi connectivity index (χ3v) is 4.93. The molecule has 0 aromatic carbocycles. The summed E-state index contributed by atoms with van der Waals surface area (Å²) in [7, 11) is 0. The van der Waals surface area contributed by atoms with E-state index in [0.29, 0.717) is 5.92 Å². The summed E-state index contributed by atoms with van der Waals surface area (Å²) in [4.78, 5) is 9.14. The number of hydrogen-bond donors (Lipinski definition) is 0. The van der Waals surface area contributed by atoms with E-state index in [4.69, 9.17) is 5.10 Å². The average Bonchev–Trinajstić information content (AvgIpc) is 2.95. The minimum Gasteiger partial charge on any atom is -0.261 e. The van der Waals surface area contributed by atoms with Crippen molar-refractivity contribution in [3.63, 3.8) is 0 Å². The first-order valence-corrected chi connectivity index (χ1v) is 9.96. The van der Waals surface area contributed by atoms with Crippen LogP contribution < -0.4 is 0 Å². The van der Waals surface area contributed by atoms with Crippen LogP contribution in [0.25, 0.3) is 16.8 Å². The van der Waals surface area contributed by atoms with Gasteiger partial charge in [-0.3, -0.25) is 9.97 Å². The number of aromatic nitrogens is 4. The second-order valence-electron chi connectivity index (χ2n) is 7.68. The van der Waals surface area contributed by atoms with Crippen molar-refractivity contribution in [2.24, 2.45) is 5.92 Å². The molecule has 3 heterocycles. The van der Waals surface area contributed by atoms with Crippen LogP contribution in [0.1, 0.15) is 56.4 Å². The minimum atomic E-state index is 0.701. The Bertz CT molecular complexity index is 891. The van der Waals surface area contributed by atoms with Crippen molar-refractivity contribution in [2.45, 2.75) is 60.3 Å². The molecule has 0 aliphatic rings. The Kier molecular flexibility index (Phi) is 6.04. The highest BCUT2D eigenvalue weighted by molar-refractivity contribution is 5.68. The molecule has 0 spiro atoms. The van der Waals surface area contributed by atoms with Crippen molar-refractivity contribution >= 4 is 0 Å². The van der Waals surface area contributed by atoms with E-state index in [-0.39, 0.29) is 0 Å². The monoisotopic (exact) mass is 362 g/mol. The Hall–Kier alpha value is -2.49. The minimum absolute atomic E-state index is 0.701. The lowest BCUT2D eigenvalue weighted by molar-refractivity contribution is 0.581. The molecule has 0 N–H and O–H groups in total. The predicted octanol–water partition coefficient (Wildman–Crippen LogP) is 5.49. The summed E-state index contributed by atoms with van der Waals surface area (Å²) < 4.78 is 2.03. The van der Waals surface area contributed by atoms with Crippen LogP contribution in [0.4, 0.5) is 0 Å². The highest BCUT2D eigenvalue weighted by Crippen LogP contribution is 2.28. The molecule has 0 atom stereocenters. The molecule has 0 saturated heterocycles. The highest BCUT2D eigenvalue weighted by atomic mass is 15.3. The van der Waals surface area contributed by atoms with E-state index in [1.807, 2.05) is 23.1 Å². The number of pyridine rings is 2. The fraction of sp³-hybridized carbons (Fsp3) is 0.435. The fourth-order valence-corrected chi connectivity index (χ4v) is 3.46. The summed E-state index contributed by atoms with van der Waals surface area (Å²) in [5, 5.41) is 4.80. The molecule has 3 rings (SSSR count). The summed E-state index contributed by atoms with van der Waals surface area (Å²) in [5.74, 6) is 0.701. The van der Waals surface area contributed by atoms with Crippen LogP contribution in [0.5, 0.6) is 0 Å². The van der Waals surface area contributed by atoms with Crippen molar-refractivity contribution in [3.05, 3.63) is 59.4 Å². The first-order valence-electron chi connectivity index (χ1n) is 9.96. The van der Waals surface area contributed by atoms with Crippen LogP contribution in [0.15, 0.2) is 36.7 Å². The molecule has 0 saturated carbocycles. The van der Waals surface area contributed by atoms with E-state index in [1.54, 1.807) is 0 Å². The summed E-state index contributed by atoms with van der Waals surface area (Å²) >= 11 is 0. The van der Waals surface area contributed by atoms with Crippen LogP contribution in [0.3, 0.4) is 0 Å². The lowest BCUT2D eigenvalue weighted by atomic mass is 10.0. The first kappa shape index (κ1) is 19.3. The van der Waals surface area contributed by atoms with Crippen LogP contribution in [0.2, 0.25) is 0 Å². The Morgan fingerprint density at radius 3 is 2.48 bits per heavy atom. The smallest absolute Gasteiger partial charge is 0.0682 e. The number of rotatable bonds is 7. The quantitative estimate of drug-likeness (QED) is 0.558. The Morgan fingerprint density at radius 2 is 1.81 bits per heavy atom. The van der Waals surface area contributed by atoms with Crippen LogP contribution in [-0.2, 0) is 12.8 Å². The van der Waals surface area contributed by atoms with Crippen molar-refractivity contribution in [1.82, 2.24) is 19.7 Å². The molecule has 0 radical (unpaired) electrons. The van der Waals surface area contributed by atoms with E-state index in [0.717, 1.165) is 53.3 Å². The van der Waals surface area contributed by atoms with Gasteiger partial charge in [0, 0.05) is 40.6 Å². The SMILES string of the molecule is CCCc1cc(-n2nc(C)c(-c3ccc(CCC(C)C)nc3)c2C)ccn1. The van der Waals surface area contributed by atoms with Gasteiger partial charge in [0.25, 0.3) is 0 Å². The molecule has 0 fully saturated rings. The van der Waals surface area contributed by atoms with Gasteiger partial charge in [-0.25, -0.2) is 4.68 Å². The van der Waals surface area contributed by atoms with E-state index in [9.17, 15) is 0 Å². The maximum Gasteiger partial charge on any atom is 0.0682 e. The fourth-order valence-electron chi connectivity index (χ4n) is 3.46. The standard InChI is InChI=1S/C23H30N4/c1-6-7-21-14-22(12-13-24-21)27-18(5)23(17(4)26-27)19-9-11-20(25-15-19)10-8-16(2)3/h9,11-16H,6-8,10H2,1-5H3. The van der Waals surface area contributed by atoms with Gasteiger partial charge in [-0.15, -0.1) is 0 Å². The largest absolute Gasteiger partial charge is 0.261 e. The topological polar surface area (TPSA) is 43.6 Å². The summed E-state index contributed by atoms with van der Waals surface area (Å²) in [6, 6.07) is 8.49. The molecular weight excluding hydrogens is 332 g/mol. The molecule has 4 heteroatoms. The second-order valence-corrected chi connectivity index (χ2v) is 7.68. The summed E-state index contributed by atoms with van der Waals surface area (Å²) in [6.07, 6.45) is 8.15. The van der Waals surface area contributed by atoms with Gasteiger partial charge in [-0.1, -0.05) is 33.3 Å². The molecule has 0 unspecified atom stereocenters. The molecule has 0 aliphatic carbocycles. The normalized spacial score (nSPS) is 11.3. The summed E-state index contributed by atoms with van der Waals surface area (Å²) in [5.41, 5.74) is 7.81. The van der Waals surface area contributed by atoms with Gasteiger partial charge in [-0.05, 0) is 57.2 Å². The molecular formula is C23H30N4. The van der Waals surface area contributed by atoms with E-state index in [1.165, 1.54) is 12.0 Å². The average molecular weight is 363 g/mol. The van der Waals surface area contributed by atoms with Gasteiger partial charge in [0.15, 0.2) is 0 Å². The van der Waals surface area contributed by atoms with E-state index in [2.05, 4.69) is 62.8 Å². The first-order chi connectivity index (χ1) is 13.0. The van der Waals surface area contributed by atoms with Gasteiger partial charge >= 0.3 is 0 Å². The van der Waals surface area contributed by atoms with Gasteiger partial charge in [0.05, 0.1) is 11.4 Å². The highest BCUT2D eigenvalue weighted by Gasteiger charge is 2.15. The van der Waals surface area contributed by atoms with Gasteiger partial charge in [0.2, 0.25) is 0 Å². The number of aryl methyl sites for hydroxylation is 3. The third kappa shape index (κ3) is 4.44. The van der Waals surface area contributed by atoms with Crippen molar-refractivity contribution in [2.75, 3.05) is 0 Å². The molecule has 0 aliphatic heterocycles. The van der Waals surface area contributed by atoms with Crippen LogP contribution >= 0.6 is 0 Å². The lowest BCUT2D eigenvalue weighted by Crippen LogP contribution is -2.01. The second kappa shape index (κ2) is 8.47. The van der Waals surface area contributed by atoms with Crippen molar-refractivity contribution in [3.8, 4) is 16.8 Å². The molecule has 4 nitrogen and oxygen atoms in total. The zero-order chi connectivity index (χ0) is 19.4. The van der Waals surface area contributed by atoms with Crippen LogP contribution in [-0.4, -0.2) is 19.7 Å². The molecule has 0 bridgehead atoms. The zero-order valence-electron chi connectivity index (χ0n) is 17.2. The molecule has 3 aromatic rings. The Labute approximate surface area is 162 Å². The van der Waals surface area contributed by atoms with Gasteiger partial charge in [0.1, 0.15) is 0 Å². The lowest BCUT2D eigenvalue weighted by Gasteiger charge is -2.08. The number of hydrogen-bond acceptors (Lipinski definition) is 3. The van der Waals surface area contributed by atoms with Crippen molar-refractivity contribution in [1.29, 1.82) is 0 Å². The van der Waals surface area contributed by atoms with Gasteiger partial charge in [-0.2, -0.15) is 5.10 Å². The molecule has 0 amide bonds. The third-order valence-electron chi connectivity index (χ3n) is 4.93. The zero-order valence-corrected chi connectivity index (χ0v) is 17.2. The molecule has 142 valence electrons. The Balaban J connectivity index is 1.91. The Morgan fingerprint density at radius 1 is 1.00 bits per heavy atom. The van der Waals surface area contributed by atoms with Crippen LogP contribution in [0, 0.1) is 19.8 Å². The molecule has 3 aromatic heterocycles.